The minimum atomic E-state index is -0.701. The lowest BCUT2D eigenvalue weighted by atomic mass is 10.2. The van der Waals surface area contributed by atoms with Gasteiger partial charge in [-0.1, -0.05) is 36.4 Å². The number of hydrogen-bond acceptors (Lipinski definition) is 3. The maximum Gasteiger partial charge on any atom is 0.139 e. The highest BCUT2D eigenvalue weighted by atomic mass is 16.3. The zero-order valence-electron chi connectivity index (χ0n) is 14.3. The van der Waals surface area contributed by atoms with Crippen LogP contribution in [-0.2, 0) is 13.5 Å². The second-order valence-corrected chi connectivity index (χ2v) is 6.34. The standard InChI is InChI=1S/C20H20N4O/c1-14-7-6-10-24-12-16(21-19(14)24)11-18(25)20-22-17(13-23(20)2)15-8-4-3-5-9-15/h3-10,12-13,18,25H,11H2,1-2H3. The summed E-state index contributed by atoms with van der Waals surface area (Å²) < 4.78 is 3.87. The monoisotopic (exact) mass is 332 g/mol. The first kappa shape index (κ1) is 15.6. The van der Waals surface area contributed by atoms with E-state index < -0.39 is 6.10 Å². The average molecular weight is 332 g/mol. The second kappa shape index (κ2) is 6.18. The molecule has 5 heteroatoms. The first-order valence-corrected chi connectivity index (χ1v) is 8.32. The Kier molecular flexibility index (Phi) is 3.86. The molecule has 0 bridgehead atoms. The Morgan fingerprint density at radius 2 is 1.84 bits per heavy atom. The highest BCUT2D eigenvalue weighted by Crippen LogP contribution is 2.23. The van der Waals surface area contributed by atoms with Gasteiger partial charge in [0.25, 0.3) is 0 Å². The van der Waals surface area contributed by atoms with Gasteiger partial charge in [-0.15, -0.1) is 0 Å². The van der Waals surface area contributed by atoms with Gasteiger partial charge in [-0.05, 0) is 18.6 Å². The van der Waals surface area contributed by atoms with Crippen molar-refractivity contribution in [2.24, 2.45) is 7.05 Å². The van der Waals surface area contributed by atoms with Crippen molar-refractivity contribution >= 4 is 5.65 Å². The SMILES string of the molecule is Cc1cccn2cc(CC(O)c3nc(-c4ccccc4)cn3C)nc12. The molecule has 25 heavy (non-hydrogen) atoms. The Morgan fingerprint density at radius 1 is 1.04 bits per heavy atom. The average Bonchev–Trinajstić information content (AvgIpc) is 3.20. The number of pyridine rings is 1. The topological polar surface area (TPSA) is 55.4 Å². The van der Waals surface area contributed by atoms with Gasteiger partial charge in [0.05, 0.1) is 11.4 Å². The number of nitrogens with zero attached hydrogens (tertiary/aromatic N) is 4. The molecule has 0 aliphatic rings. The lowest BCUT2D eigenvalue weighted by Crippen LogP contribution is -2.08. The third kappa shape index (κ3) is 2.94. The highest BCUT2D eigenvalue weighted by Gasteiger charge is 2.18. The van der Waals surface area contributed by atoms with E-state index >= 15 is 0 Å². The number of fused-ring (bicyclic) bond motifs is 1. The molecule has 1 aromatic carbocycles. The lowest BCUT2D eigenvalue weighted by molar-refractivity contribution is 0.164. The number of aliphatic hydroxyl groups is 1. The molecule has 4 rings (SSSR count). The van der Waals surface area contributed by atoms with E-state index in [1.54, 1.807) is 0 Å². The van der Waals surface area contributed by atoms with Gasteiger partial charge in [0, 0.05) is 37.6 Å². The Hall–Kier alpha value is -2.92. The van der Waals surface area contributed by atoms with E-state index in [1.807, 2.05) is 84.0 Å². The van der Waals surface area contributed by atoms with Gasteiger partial charge >= 0.3 is 0 Å². The van der Waals surface area contributed by atoms with Crippen LogP contribution in [0.4, 0.5) is 0 Å². The number of hydrogen-bond donors (Lipinski definition) is 1. The first-order chi connectivity index (χ1) is 12.1. The number of aryl methyl sites for hydroxylation is 2. The van der Waals surface area contributed by atoms with Gasteiger partial charge in [0.2, 0.25) is 0 Å². The molecule has 0 amide bonds. The third-order valence-corrected chi connectivity index (χ3v) is 4.41. The molecule has 0 saturated carbocycles. The summed E-state index contributed by atoms with van der Waals surface area (Å²) in [5.74, 6) is 0.646. The molecule has 1 atom stereocenters. The molecule has 126 valence electrons. The predicted octanol–water partition coefficient (Wildman–Crippen LogP) is 3.32. The number of imidazole rings is 2. The van der Waals surface area contributed by atoms with Gasteiger partial charge < -0.3 is 14.1 Å². The summed E-state index contributed by atoms with van der Waals surface area (Å²) in [7, 11) is 1.91. The third-order valence-electron chi connectivity index (χ3n) is 4.41. The van der Waals surface area contributed by atoms with Crippen LogP contribution in [0.2, 0.25) is 0 Å². The van der Waals surface area contributed by atoms with Gasteiger partial charge in [-0.3, -0.25) is 0 Å². The first-order valence-electron chi connectivity index (χ1n) is 8.32. The minimum Gasteiger partial charge on any atom is -0.385 e. The molecule has 0 aliphatic heterocycles. The van der Waals surface area contributed by atoms with Crippen molar-refractivity contribution in [1.82, 2.24) is 18.9 Å². The molecule has 0 saturated heterocycles. The van der Waals surface area contributed by atoms with Crippen LogP contribution in [0, 0.1) is 6.92 Å². The number of aliphatic hydroxyl groups excluding tert-OH is 1. The zero-order chi connectivity index (χ0) is 17.4. The lowest BCUT2D eigenvalue weighted by Gasteiger charge is -2.08. The van der Waals surface area contributed by atoms with E-state index in [1.165, 1.54) is 0 Å². The highest BCUT2D eigenvalue weighted by molar-refractivity contribution is 5.58. The van der Waals surface area contributed by atoms with Crippen LogP contribution in [0.1, 0.15) is 23.2 Å². The minimum absolute atomic E-state index is 0.431. The van der Waals surface area contributed by atoms with Crippen molar-refractivity contribution in [3.63, 3.8) is 0 Å². The van der Waals surface area contributed by atoms with E-state index in [0.717, 1.165) is 28.2 Å². The van der Waals surface area contributed by atoms with Crippen molar-refractivity contribution in [1.29, 1.82) is 0 Å². The Bertz CT molecular complexity index is 1020. The fourth-order valence-electron chi connectivity index (χ4n) is 3.13. The van der Waals surface area contributed by atoms with Crippen LogP contribution in [-0.4, -0.2) is 24.0 Å². The van der Waals surface area contributed by atoms with Crippen LogP contribution in [0.15, 0.2) is 61.1 Å². The molecule has 5 nitrogen and oxygen atoms in total. The molecule has 0 fully saturated rings. The van der Waals surface area contributed by atoms with Crippen molar-refractivity contribution in [2.45, 2.75) is 19.4 Å². The van der Waals surface area contributed by atoms with Crippen molar-refractivity contribution in [3.05, 3.63) is 78.1 Å². The number of benzene rings is 1. The second-order valence-electron chi connectivity index (χ2n) is 6.34. The Balaban J connectivity index is 1.61. The summed E-state index contributed by atoms with van der Waals surface area (Å²) in [6.45, 7) is 2.04. The summed E-state index contributed by atoms with van der Waals surface area (Å²) in [5, 5.41) is 10.7. The van der Waals surface area contributed by atoms with Crippen LogP contribution in [0.3, 0.4) is 0 Å². The van der Waals surface area contributed by atoms with Gasteiger partial charge in [0.1, 0.15) is 17.6 Å². The van der Waals surface area contributed by atoms with Crippen molar-refractivity contribution < 1.29 is 5.11 Å². The molecule has 3 heterocycles. The summed E-state index contributed by atoms with van der Waals surface area (Å²) >= 11 is 0. The van der Waals surface area contributed by atoms with Crippen molar-refractivity contribution in [2.75, 3.05) is 0 Å². The fourth-order valence-corrected chi connectivity index (χ4v) is 3.13. The molecule has 0 radical (unpaired) electrons. The van der Waals surface area contributed by atoms with E-state index in [9.17, 15) is 5.11 Å². The summed E-state index contributed by atoms with van der Waals surface area (Å²) in [5.41, 5.74) is 4.80. The predicted molar refractivity (Wildman–Crippen MR) is 97.2 cm³/mol. The van der Waals surface area contributed by atoms with Crippen LogP contribution < -0.4 is 0 Å². The summed E-state index contributed by atoms with van der Waals surface area (Å²) in [6, 6.07) is 14.0. The number of rotatable bonds is 4. The van der Waals surface area contributed by atoms with E-state index in [0.29, 0.717) is 12.2 Å². The largest absolute Gasteiger partial charge is 0.385 e. The maximum absolute atomic E-state index is 10.7. The van der Waals surface area contributed by atoms with Gasteiger partial charge in [-0.2, -0.15) is 0 Å². The maximum atomic E-state index is 10.7. The normalized spacial score (nSPS) is 12.6. The van der Waals surface area contributed by atoms with Crippen molar-refractivity contribution in [3.8, 4) is 11.3 Å². The quantitative estimate of drug-likeness (QED) is 0.624. The van der Waals surface area contributed by atoms with Crippen LogP contribution in [0.25, 0.3) is 16.9 Å². The molecule has 3 aromatic heterocycles. The molecule has 0 aliphatic carbocycles. The van der Waals surface area contributed by atoms with E-state index in [-0.39, 0.29) is 0 Å². The molecule has 1 unspecified atom stereocenters. The van der Waals surface area contributed by atoms with E-state index in [2.05, 4.69) is 9.97 Å². The molecule has 0 spiro atoms. The van der Waals surface area contributed by atoms with E-state index in [4.69, 9.17) is 0 Å². The smallest absolute Gasteiger partial charge is 0.139 e. The Morgan fingerprint density at radius 3 is 2.60 bits per heavy atom. The summed E-state index contributed by atoms with van der Waals surface area (Å²) in [6.07, 6.45) is 5.61. The Labute approximate surface area is 146 Å². The fraction of sp³-hybridized carbons (Fsp3) is 0.200. The number of aromatic nitrogens is 4. The zero-order valence-corrected chi connectivity index (χ0v) is 14.3. The molecule has 4 aromatic rings. The van der Waals surface area contributed by atoms with Crippen LogP contribution in [0.5, 0.6) is 0 Å². The molecule has 1 N–H and O–H groups in total. The molecular weight excluding hydrogens is 312 g/mol. The van der Waals surface area contributed by atoms with Gasteiger partial charge in [0.15, 0.2) is 0 Å². The summed E-state index contributed by atoms with van der Waals surface area (Å²) in [4.78, 5) is 9.26. The van der Waals surface area contributed by atoms with Crippen LogP contribution >= 0.6 is 0 Å². The molecular formula is C20H20N4O. The van der Waals surface area contributed by atoms with Gasteiger partial charge in [-0.25, -0.2) is 9.97 Å².